The number of hydrogen-bond donors (Lipinski definition) is 0. The van der Waals surface area contributed by atoms with Gasteiger partial charge in [-0.3, -0.25) is 9.97 Å². The number of aromatic nitrogens is 2. The van der Waals surface area contributed by atoms with E-state index in [1.165, 1.54) is 18.5 Å². The van der Waals surface area contributed by atoms with Crippen LogP contribution in [0.1, 0.15) is 12.2 Å². The maximum atomic E-state index is 14.2. The van der Waals surface area contributed by atoms with E-state index in [4.69, 9.17) is 4.42 Å². The van der Waals surface area contributed by atoms with E-state index < -0.39 is 18.3 Å². The van der Waals surface area contributed by atoms with E-state index in [9.17, 15) is 13.2 Å². The van der Waals surface area contributed by atoms with Crippen LogP contribution in [0, 0.1) is 0 Å². The number of furan rings is 1. The minimum Gasteiger partial charge on any atom is -0.463 e. The van der Waals surface area contributed by atoms with Crippen LogP contribution in [0.15, 0.2) is 106 Å². The van der Waals surface area contributed by atoms with Crippen molar-refractivity contribution < 1.29 is 17.6 Å². The minimum absolute atomic E-state index is 0.0902. The van der Waals surface area contributed by atoms with Gasteiger partial charge in [-0.25, -0.2) is 9.98 Å². The van der Waals surface area contributed by atoms with Crippen LogP contribution in [-0.4, -0.2) is 27.6 Å². The Labute approximate surface area is 192 Å². The molecule has 0 atom stereocenters. The van der Waals surface area contributed by atoms with E-state index in [1.807, 2.05) is 12.1 Å². The van der Waals surface area contributed by atoms with Gasteiger partial charge in [-0.2, -0.15) is 13.2 Å². The van der Waals surface area contributed by atoms with Gasteiger partial charge < -0.3 is 4.42 Å². The van der Waals surface area contributed by atoms with Crippen molar-refractivity contribution in [3.63, 3.8) is 0 Å². The summed E-state index contributed by atoms with van der Waals surface area (Å²) in [5, 5.41) is 1.53. The van der Waals surface area contributed by atoms with Crippen LogP contribution < -0.4 is 0 Å². The fourth-order valence-corrected chi connectivity index (χ4v) is 3.63. The normalized spacial score (nSPS) is 13.0. The Morgan fingerprint density at radius 2 is 1.32 bits per heavy atom. The Kier molecular flexibility index (Phi) is 5.63. The average molecular weight is 458 g/mol. The molecule has 8 heteroatoms. The molecule has 0 fully saturated rings. The van der Waals surface area contributed by atoms with E-state index in [2.05, 4.69) is 20.0 Å². The summed E-state index contributed by atoms with van der Waals surface area (Å²) >= 11 is 0. The Balaban J connectivity index is 1.64. The number of aliphatic imine (C=N–C) groups is 2. The van der Waals surface area contributed by atoms with Gasteiger partial charge in [0.05, 0.1) is 34.4 Å². The van der Waals surface area contributed by atoms with E-state index in [-0.39, 0.29) is 17.2 Å². The zero-order valence-electron chi connectivity index (χ0n) is 17.7. The van der Waals surface area contributed by atoms with Gasteiger partial charge in [-0.15, -0.1) is 0 Å². The second-order valence-corrected chi connectivity index (χ2v) is 7.47. The lowest BCUT2D eigenvalue weighted by molar-refractivity contribution is -0.0597. The summed E-state index contributed by atoms with van der Waals surface area (Å²) in [6.45, 7) is 0. The second kappa shape index (κ2) is 8.90. The molecule has 2 aromatic carbocycles. The van der Waals surface area contributed by atoms with E-state index >= 15 is 0 Å². The number of para-hydroxylation sites is 2. The fourth-order valence-electron chi connectivity index (χ4n) is 3.63. The molecule has 0 aliphatic carbocycles. The van der Waals surface area contributed by atoms with E-state index in [1.54, 1.807) is 60.8 Å². The number of halogens is 3. The minimum atomic E-state index is -4.69. The first-order valence-electron chi connectivity index (χ1n) is 10.4. The highest BCUT2D eigenvalue weighted by molar-refractivity contribution is 6.15. The molecule has 5 aromatic rings. The number of alkyl halides is 3. The average Bonchev–Trinajstić information content (AvgIpc) is 3.38. The van der Waals surface area contributed by atoms with Crippen LogP contribution in [0.25, 0.3) is 21.8 Å². The highest BCUT2D eigenvalue weighted by atomic mass is 19.4. The van der Waals surface area contributed by atoms with Gasteiger partial charge in [0.1, 0.15) is 11.5 Å². The van der Waals surface area contributed by atoms with Crippen LogP contribution in [-0.2, 0) is 0 Å². The summed E-state index contributed by atoms with van der Waals surface area (Å²) in [6.07, 6.45) is -0.752. The van der Waals surface area contributed by atoms with Gasteiger partial charge in [-0.1, -0.05) is 36.4 Å². The molecule has 3 aromatic heterocycles. The molecule has 0 unspecified atom stereocenters. The number of nitrogens with zero attached hydrogens (tertiary/aromatic N) is 4. The largest absolute Gasteiger partial charge is 0.463 e. The predicted molar refractivity (Wildman–Crippen MR) is 126 cm³/mol. The van der Waals surface area contributed by atoms with Gasteiger partial charge in [0.15, 0.2) is 0 Å². The summed E-state index contributed by atoms with van der Waals surface area (Å²) in [4.78, 5) is 17.1. The fraction of sp³-hybridized carbons (Fsp3) is 0.0769. The Morgan fingerprint density at radius 3 is 1.88 bits per heavy atom. The molecule has 0 bridgehead atoms. The maximum absolute atomic E-state index is 14.2. The van der Waals surface area contributed by atoms with Crippen LogP contribution in [0.2, 0.25) is 0 Å². The number of hydrogen-bond acceptors (Lipinski definition) is 5. The van der Waals surface area contributed by atoms with Gasteiger partial charge in [0, 0.05) is 29.6 Å². The molecule has 0 N–H and O–H groups in total. The van der Waals surface area contributed by atoms with Gasteiger partial charge in [0.2, 0.25) is 0 Å². The molecular formula is C26H17F3N4O. The van der Waals surface area contributed by atoms with Crippen molar-refractivity contribution in [2.24, 2.45) is 9.98 Å². The molecule has 0 spiro atoms. The van der Waals surface area contributed by atoms with E-state index in [0.29, 0.717) is 22.1 Å². The van der Waals surface area contributed by atoms with Crippen LogP contribution in [0.3, 0.4) is 0 Å². The first-order chi connectivity index (χ1) is 16.5. The van der Waals surface area contributed by atoms with E-state index in [0.717, 1.165) is 5.39 Å². The molecule has 34 heavy (non-hydrogen) atoms. The standard InChI is InChI=1S/C26H17F3N4O/c27-26(28,29)23(33-20-11-2-7-18-9-4-14-31-25(18)20)16-21(22-12-5-15-34-22)32-19-10-1-6-17-8-3-13-30-24(17)19/h1-15H,16H2. The van der Waals surface area contributed by atoms with Crippen molar-refractivity contribution in [3.8, 4) is 0 Å². The molecule has 0 amide bonds. The summed E-state index contributed by atoms with van der Waals surface area (Å²) in [6, 6.07) is 20.6. The number of benzene rings is 2. The smallest absolute Gasteiger partial charge is 0.429 e. The summed E-state index contributed by atoms with van der Waals surface area (Å²) in [7, 11) is 0. The lowest BCUT2D eigenvalue weighted by Gasteiger charge is -2.13. The lowest BCUT2D eigenvalue weighted by Crippen LogP contribution is -2.26. The third-order valence-electron chi connectivity index (χ3n) is 5.20. The van der Waals surface area contributed by atoms with Gasteiger partial charge >= 0.3 is 6.18 Å². The zero-order valence-corrected chi connectivity index (χ0v) is 17.7. The Morgan fingerprint density at radius 1 is 0.735 bits per heavy atom. The molecule has 0 saturated carbocycles. The third-order valence-corrected chi connectivity index (χ3v) is 5.20. The summed E-state index contributed by atoms with van der Waals surface area (Å²) < 4.78 is 47.9. The highest BCUT2D eigenvalue weighted by Crippen LogP contribution is 2.30. The molecule has 3 heterocycles. The topological polar surface area (TPSA) is 63.6 Å². The quantitative estimate of drug-likeness (QED) is 0.261. The van der Waals surface area contributed by atoms with Crippen molar-refractivity contribution in [2.75, 3.05) is 0 Å². The van der Waals surface area contributed by atoms with Crippen LogP contribution >= 0.6 is 0 Å². The van der Waals surface area contributed by atoms with Crippen molar-refractivity contribution in [1.29, 1.82) is 0 Å². The predicted octanol–water partition coefficient (Wildman–Crippen LogP) is 7.22. The molecule has 5 rings (SSSR count). The first kappa shape index (κ1) is 21.5. The van der Waals surface area contributed by atoms with Crippen LogP contribution in [0.4, 0.5) is 24.5 Å². The third kappa shape index (κ3) is 4.43. The van der Waals surface area contributed by atoms with Crippen molar-refractivity contribution in [3.05, 3.63) is 97.2 Å². The van der Waals surface area contributed by atoms with Crippen molar-refractivity contribution in [2.45, 2.75) is 12.6 Å². The second-order valence-electron chi connectivity index (χ2n) is 7.47. The van der Waals surface area contributed by atoms with Gasteiger partial charge in [0.25, 0.3) is 0 Å². The maximum Gasteiger partial charge on any atom is 0.429 e. The summed E-state index contributed by atoms with van der Waals surface area (Å²) in [5.74, 6) is 0.223. The number of fused-ring (bicyclic) bond motifs is 2. The zero-order chi connectivity index (χ0) is 23.5. The van der Waals surface area contributed by atoms with Gasteiger partial charge in [-0.05, 0) is 36.4 Å². The SMILES string of the molecule is FC(F)(F)C(CC(=Nc1cccc2cccnc12)c1ccco1)=Nc1cccc2cccnc12. The molecule has 0 aliphatic rings. The number of pyridine rings is 2. The molecule has 0 radical (unpaired) electrons. The Hall–Kier alpha value is -4.33. The summed E-state index contributed by atoms with van der Waals surface area (Å²) in [5.41, 5.74) is 0.634. The monoisotopic (exact) mass is 458 g/mol. The lowest BCUT2D eigenvalue weighted by atomic mass is 10.1. The number of rotatable bonds is 5. The van der Waals surface area contributed by atoms with Crippen molar-refractivity contribution in [1.82, 2.24) is 9.97 Å². The Bertz CT molecular complexity index is 1510. The molecule has 0 aliphatic heterocycles. The first-order valence-corrected chi connectivity index (χ1v) is 10.4. The van der Waals surface area contributed by atoms with Crippen LogP contribution in [0.5, 0.6) is 0 Å². The highest BCUT2D eigenvalue weighted by Gasteiger charge is 2.37. The molecule has 0 saturated heterocycles. The van der Waals surface area contributed by atoms with Crippen molar-refractivity contribution >= 4 is 44.6 Å². The molecule has 168 valence electrons. The molecule has 5 nitrogen and oxygen atoms in total. The molecular weight excluding hydrogens is 441 g/mol.